The molecule has 0 unspecified atom stereocenters. The minimum absolute atomic E-state index is 0.0842. The Morgan fingerprint density at radius 2 is 1.84 bits per heavy atom. The highest BCUT2D eigenvalue weighted by molar-refractivity contribution is 5.80. The Morgan fingerprint density at radius 3 is 2.58 bits per heavy atom. The van der Waals surface area contributed by atoms with E-state index in [4.69, 9.17) is 4.74 Å². The zero-order valence-electron chi connectivity index (χ0n) is 18.1. The molecule has 7 nitrogen and oxygen atoms in total. The first kappa shape index (κ1) is 20.9. The number of nitrogens with one attached hydrogen (secondary N) is 2. The Morgan fingerprint density at radius 1 is 1.06 bits per heavy atom. The summed E-state index contributed by atoms with van der Waals surface area (Å²) in [6.07, 6.45) is 3.97. The quantitative estimate of drug-likeness (QED) is 0.659. The summed E-state index contributed by atoms with van der Waals surface area (Å²) < 4.78 is 7.01. The molecule has 4 rings (SSSR count). The third kappa shape index (κ3) is 5.05. The van der Waals surface area contributed by atoms with Crippen LogP contribution in [0, 0.1) is 0 Å². The number of fused-ring (bicyclic) bond motifs is 1. The third-order valence-electron chi connectivity index (χ3n) is 5.32. The normalized spacial score (nSPS) is 18.7. The van der Waals surface area contributed by atoms with Gasteiger partial charge in [0.25, 0.3) is 5.56 Å². The van der Waals surface area contributed by atoms with Crippen molar-refractivity contribution in [3.8, 4) is 5.69 Å². The van der Waals surface area contributed by atoms with Gasteiger partial charge in [-0.1, -0.05) is 18.2 Å². The molecule has 162 valence electrons. The van der Waals surface area contributed by atoms with E-state index in [1.807, 2.05) is 63.2 Å². The zero-order chi connectivity index (χ0) is 22.0. The molecule has 1 saturated carbocycles. The highest BCUT2D eigenvalue weighted by Crippen LogP contribution is 2.23. The van der Waals surface area contributed by atoms with Crippen LogP contribution in [0.2, 0.25) is 0 Å². The van der Waals surface area contributed by atoms with Crippen LogP contribution in [0.3, 0.4) is 0 Å². The number of anilines is 1. The monoisotopic (exact) mass is 420 g/mol. The van der Waals surface area contributed by atoms with Crippen molar-refractivity contribution in [2.45, 2.75) is 57.7 Å². The smallest absolute Gasteiger partial charge is 0.407 e. The van der Waals surface area contributed by atoms with E-state index < -0.39 is 5.60 Å². The van der Waals surface area contributed by atoms with Gasteiger partial charge in [-0.2, -0.15) is 0 Å². The third-order valence-corrected chi connectivity index (χ3v) is 5.32. The molecule has 0 aliphatic heterocycles. The van der Waals surface area contributed by atoms with Gasteiger partial charge in [0.15, 0.2) is 0 Å². The average Bonchev–Trinajstić information content (AvgIpc) is 3.14. The lowest BCUT2D eigenvalue weighted by Gasteiger charge is -2.22. The molecule has 1 fully saturated rings. The van der Waals surface area contributed by atoms with Crippen LogP contribution in [0.25, 0.3) is 16.6 Å². The SMILES string of the molecule is CC(C)(C)OC(=O)N[C@H]1CC[C@H](Nc2ccc(-n3c(=O)ccc4ccccc43)cn2)C1. The van der Waals surface area contributed by atoms with Crippen molar-refractivity contribution in [3.63, 3.8) is 0 Å². The zero-order valence-corrected chi connectivity index (χ0v) is 18.1. The Hall–Kier alpha value is -3.35. The molecule has 0 spiro atoms. The van der Waals surface area contributed by atoms with E-state index in [0.29, 0.717) is 0 Å². The van der Waals surface area contributed by atoms with Gasteiger partial charge < -0.3 is 15.4 Å². The fourth-order valence-electron chi connectivity index (χ4n) is 3.98. The summed E-state index contributed by atoms with van der Waals surface area (Å²) in [5.41, 5.74) is 0.985. The van der Waals surface area contributed by atoms with Crippen LogP contribution in [0.1, 0.15) is 40.0 Å². The lowest BCUT2D eigenvalue weighted by atomic mass is 10.2. The molecular formula is C24H28N4O3. The van der Waals surface area contributed by atoms with Crippen LogP contribution in [0.4, 0.5) is 10.6 Å². The van der Waals surface area contributed by atoms with Crippen molar-refractivity contribution in [2.75, 3.05) is 5.32 Å². The van der Waals surface area contributed by atoms with Crippen molar-refractivity contribution >= 4 is 22.8 Å². The summed E-state index contributed by atoms with van der Waals surface area (Å²) in [5, 5.41) is 7.38. The van der Waals surface area contributed by atoms with Crippen molar-refractivity contribution in [3.05, 3.63) is 65.1 Å². The van der Waals surface area contributed by atoms with E-state index in [2.05, 4.69) is 15.6 Å². The lowest BCUT2D eigenvalue weighted by molar-refractivity contribution is 0.0505. The molecule has 2 aromatic heterocycles. The van der Waals surface area contributed by atoms with Gasteiger partial charge >= 0.3 is 6.09 Å². The van der Waals surface area contributed by atoms with Gasteiger partial charge in [-0.3, -0.25) is 9.36 Å². The van der Waals surface area contributed by atoms with Crippen molar-refractivity contribution in [1.82, 2.24) is 14.9 Å². The number of aromatic nitrogens is 2. The molecule has 0 saturated heterocycles. The summed E-state index contributed by atoms with van der Waals surface area (Å²) in [6, 6.07) is 15.3. The van der Waals surface area contributed by atoms with Crippen molar-refractivity contribution in [2.24, 2.45) is 0 Å². The maximum atomic E-state index is 12.5. The number of pyridine rings is 2. The molecule has 1 aromatic carbocycles. The molecule has 1 aliphatic rings. The average molecular weight is 421 g/mol. The first-order valence-corrected chi connectivity index (χ1v) is 10.6. The van der Waals surface area contributed by atoms with E-state index in [1.54, 1.807) is 16.8 Å². The van der Waals surface area contributed by atoms with E-state index in [-0.39, 0.29) is 23.7 Å². The van der Waals surface area contributed by atoms with E-state index in [9.17, 15) is 9.59 Å². The van der Waals surface area contributed by atoms with E-state index in [1.165, 1.54) is 0 Å². The van der Waals surface area contributed by atoms with Crippen LogP contribution in [0.15, 0.2) is 59.5 Å². The lowest BCUT2D eigenvalue weighted by Crippen LogP contribution is -2.38. The molecule has 2 N–H and O–H groups in total. The molecule has 1 amide bonds. The summed E-state index contributed by atoms with van der Waals surface area (Å²) >= 11 is 0. The molecule has 2 atom stereocenters. The maximum absolute atomic E-state index is 12.5. The topological polar surface area (TPSA) is 85.2 Å². The molecule has 0 radical (unpaired) electrons. The van der Waals surface area contributed by atoms with Crippen LogP contribution < -0.4 is 16.2 Å². The molecular weight excluding hydrogens is 392 g/mol. The van der Waals surface area contributed by atoms with Crippen LogP contribution >= 0.6 is 0 Å². The Balaban J connectivity index is 1.41. The van der Waals surface area contributed by atoms with Gasteiger partial charge in [-0.05, 0) is 69.7 Å². The number of rotatable bonds is 4. The Bertz CT molecular complexity index is 1130. The highest BCUT2D eigenvalue weighted by atomic mass is 16.6. The predicted octanol–water partition coefficient (Wildman–Crippen LogP) is 4.24. The fraction of sp³-hybridized carbons (Fsp3) is 0.375. The summed E-state index contributed by atoms with van der Waals surface area (Å²) in [7, 11) is 0. The van der Waals surface area contributed by atoms with Crippen molar-refractivity contribution in [1.29, 1.82) is 0 Å². The molecule has 2 heterocycles. The maximum Gasteiger partial charge on any atom is 0.407 e. The molecule has 3 aromatic rings. The van der Waals surface area contributed by atoms with Crippen LogP contribution in [-0.4, -0.2) is 33.3 Å². The minimum atomic E-state index is -0.502. The first-order chi connectivity index (χ1) is 14.8. The number of amides is 1. The summed E-state index contributed by atoms with van der Waals surface area (Å²) in [5.74, 6) is 0.750. The van der Waals surface area contributed by atoms with Crippen molar-refractivity contribution < 1.29 is 9.53 Å². The van der Waals surface area contributed by atoms with Crippen LogP contribution in [0.5, 0.6) is 0 Å². The number of nitrogens with zero attached hydrogens (tertiary/aromatic N) is 2. The Labute approximate surface area is 181 Å². The van der Waals surface area contributed by atoms with Gasteiger partial charge in [0.1, 0.15) is 11.4 Å². The summed E-state index contributed by atoms with van der Waals surface area (Å²) in [6.45, 7) is 5.56. The van der Waals surface area contributed by atoms with Gasteiger partial charge in [-0.15, -0.1) is 0 Å². The van der Waals surface area contributed by atoms with Gasteiger partial charge in [0.05, 0.1) is 17.4 Å². The number of ether oxygens (including phenoxy) is 1. The number of carbonyl (C=O) groups is 1. The predicted molar refractivity (Wildman–Crippen MR) is 122 cm³/mol. The molecule has 31 heavy (non-hydrogen) atoms. The number of para-hydroxylation sites is 1. The largest absolute Gasteiger partial charge is 0.444 e. The standard InChI is InChI=1S/C24H28N4O3/c1-24(2,3)31-23(30)27-18-10-9-17(14-18)26-21-12-11-19(15-25-21)28-20-7-5-4-6-16(20)8-13-22(28)29/h4-8,11-13,15,17-18H,9-10,14H2,1-3H3,(H,25,26)(H,27,30)/t17-,18-/m0/s1. The second-order valence-electron chi connectivity index (χ2n) is 8.96. The van der Waals surface area contributed by atoms with E-state index >= 15 is 0 Å². The highest BCUT2D eigenvalue weighted by Gasteiger charge is 2.27. The Kier molecular flexibility index (Phi) is 5.67. The first-order valence-electron chi connectivity index (χ1n) is 10.6. The number of hydrogen-bond donors (Lipinski definition) is 2. The fourth-order valence-corrected chi connectivity index (χ4v) is 3.98. The van der Waals surface area contributed by atoms with E-state index in [0.717, 1.165) is 41.7 Å². The number of alkyl carbamates (subject to hydrolysis) is 1. The summed E-state index contributed by atoms with van der Waals surface area (Å²) in [4.78, 5) is 29.0. The number of carbonyl (C=O) groups excluding carboxylic acids is 1. The minimum Gasteiger partial charge on any atom is -0.444 e. The second kappa shape index (κ2) is 8.41. The second-order valence-corrected chi connectivity index (χ2v) is 8.96. The van der Waals surface area contributed by atoms with Gasteiger partial charge in [0.2, 0.25) is 0 Å². The van der Waals surface area contributed by atoms with Gasteiger partial charge in [0, 0.05) is 18.2 Å². The van der Waals surface area contributed by atoms with Gasteiger partial charge in [-0.25, -0.2) is 9.78 Å². The molecule has 0 bridgehead atoms. The van der Waals surface area contributed by atoms with Crippen LogP contribution in [-0.2, 0) is 4.74 Å². The molecule has 1 aliphatic carbocycles. The number of benzene rings is 1. The number of hydrogen-bond acceptors (Lipinski definition) is 5. The molecule has 7 heteroatoms.